The molecule has 2 aromatic rings. The Bertz CT molecular complexity index is 737. The first-order valence-corrected chi connectivity index (χ1v) is 8.98. The molecule has 1 aliphatic rings. The van der Waals surface area contributed by atoms with E-state index in [4.69, 9.17) is 16.3 Å². The van der Waals surface area contributed by atoms with Gasteiger partial charge in [0.05, 0.1) is 13.2 Å². The highest BCUT2D eigenvalue weighted by Gasteiger charge is 2.11. The summed E-state index contributed by atoms with van der Waals surface area (Å²) in [6.07, 6.45) is 1.39. The number of carbonyl (C=O) groups is 1. The molecule has 0 saturated carbocycles. The fourth-order valence-electron chi connectivity index (χ4n) is 2.65. The Kier molecular flexibility index (Phi) is 6.76. The van der Waals surface area contributed by atoms with E-state index in [2.05, 4.69) is 25.5 Å². The predicted octanol–water partition coefficient (Wildman–Crippen LogP) is 1.80. The molecule has 2 N–H and O–H groups in total. The zero-order valence-electron chi connectivity index (χ0n) is 14.4. The highest BCUT2D eigenvalue weighted by Crippen LogP contribution is 2.14. The number of hydrogen-bond acceptors (Lipinski definition) is 6. The Morgan fingerprint density at radius 3 is 2.85 bits per heavy atom. The summed E-state index contributed by atoms with van der Waals surface area (Å²) in [6.45, 7) is 5.45. The first-order chi connectivity index (χ1) is 12.7. The summed E-state index contributed by atoms with van der Waals surface area (Å²) in [5, 5.41) is 6.69. The Labute approximate surface area is 157 Å². The number of ether oxygens (including phenoxy) is 1. The summed E-state index contributed by atoms with van der Waals surface area (Å²) >= 11 is 6.10. The summed E-state index contributed by atoms with van der Waals surface area (Å²) in [7, 11) is 0. The van der Waals surface area contributed by atoms with Crippen molar-refractivity contribution in [2.24, 2.45) is 0 Å². The number of benzene rings is 1. The van der Waals surface area contributed by atoms with Crippen molar-refractivity contribution in [2.75, 3.05) is 44.7 Å². The van der Waals surface area contributed by atoms with Crippen LogP contribution in [0.4, 0.5) is 5.82 Å². The van der Waals surface area contributed by atoms with Crippen LogP contribution in [0, 0.1) is 0 Å². The van der Waals surface area contributed by atoms with Gasteiger partial charge in [0.15, 0.2) is 0 Å². The molecule has 2 heterocycles. The molecule has 0 atom stereocenters. The van der Waals surface area contributed by atoms with Gasteiger partial charge in [0, 0.05) is 43.8 Å². The third-order valence-electron chi connectivity index (χ3n) is 4.13. The first kappa shape index (κ1) is 18.6. The average molecular weight is 376 g/mol. The molecule has 7 nitrogen and oxygen atoms in total. The first-order valence-electron chi connectivity index (χ1n) is 8.60. The van der Waals surface area contributed by atoms with Crippen LogP contribution in [0.15, 0.2) is 36.7 Å². The van der Waals surface area contributed by atoms with Crippen LogP contribution in [0.5, 0.6) is 0 Å². The van der Waals surface area contributed by atoms with Gasteiger partial charge in [-0.3, -0.25) is 9.69 Å². The standard InChI is InChI=1S/C18H22ClN5O2/c19-15-4-2-1-3-14(15)12-21-18(25)16-11-17(23-13-22-16)20-5-6-24-7-9-26-10-8-24/h1-4,11,13H,5-10,12H2,(H,21,25)(H,20,22,23). The van der Waals surface area contributed by atoms with E-state index in [9.17, 15) is 4.79 Å². The Morgan fingerprint density at radius 1 is 1.23 bits per heavy atom. The van der Waals surface area contributed by atoms with E-state index in [1.54, 1.807) is 12.1 Å². The van der Waals surface area contributed by atoms with E-state index in [1.807, 2.05) is 18.2 Å². The van der Waals surface area contributed by atoms with Crippen molar-refractivity contribution in [1.29, 1.82) is 0 Å². The third kappa shape index (κ3) is 5.39. The van der Waals surface area contributed by atoms with Crippen LogP contribution in [0.2, 0.25) is 5.02 Å². The van der Waals surface area contributed by atoms with Gasteiger partial charge in [-0.1, -0.05) is 29.8 Å². The number of aromatic nitrogens is 2. The molecule has 26 heavy (non-hydrogen) atoms. The van der Waals surface area contributed by atoms with E-state index in [0.717, 1.165) is 45.0 Å². The molecule has 0 aliphatic carbocycles. The van der Waals surface area contributed by atoms with Crippen molar-refractivity contribution in [2.45, 2.75) is 6.54 Å². The van der Waals surface area contributed by atoms with Crippen molar-refractivity contribution < 1.29 is 9.53 Å². The fourth-order valence-corrected chi connectivity index (χ4v) is 2.86. The fraction of sp³-hybridized carbons (Fsp3) is 0.389. The minimum atomic E-state index is -0.261. The quantitative estimate of drug-likeness (QED) is 0.768. The molecule has 8 heteroatoms. The maximum Gasteiger partial charge on any atom is 0.270 e. The van der Waals surface area contributed by atoms with Gasteiger partial charge in [0.1, 0.15) is 17.8 Å². The molecule has 0 radical (unpaired) electrons. The smallest absolute Gasteiger partial charge is 0.270 e. The molecule has 0 unspecified atom stereocenters. The lowest BCUT2D eigenvalue weighted by Crippen LogP contribution is -2.39. The van der Waals surface area contributed by atoms with Gasteiger partial charge >= 0.3 is 0 Å². The number of amides is 1. The van der Waals surface area contributed by atoms with Gasteiger partial charge in [-0.2, -0.15) is 0 Å². The minimum Gasteiger partial charge on any atom is -0.379 e. The Morgan fingerprint density at radius 2 is 2.04 bits per heavy atom. The predicted molar refractivity (Wildman–Crippen MR) is 100 cm³/mol. The summed E-state index contributed by atoms with van der Waals surface area (Å²) in [5.41, 5.74) is 1.18. The van der Waals surface area contributed by atoms with Crippen LogP contribution >= 0.6 is 11.6 Å². The average Bonchev–Trinajstić information content (AvgIpc) is 2.68. The highest BCUT2D eigenvalue weighted by atomic mass is 35.5. The molecule has 138 valence electrons. The molecule has 1 aliphatic heterocycles. The van der Waals surface area contributed by atoms with Gasteiger partial charge in [0.2, 0.25) is 0 Å². The molecular formula is C18H22ClN5O2. The molecule has 1 saturated heterocycles. The molecule has 1 amide bonds. The number of nitrogens with zero attached hydrogens (tertiary/aromatic N) is 3. The number of carbonyl (C=O) groups excluding carboxylic acids is 1. The van der Waals surface area contributed by atoms with E-state index >= 15 is 0 Å². The van der Waals surface area contributed by atoms with Crippen molar-refractivity contribution in [3.05, 3.63) is 52.9 Å². The molecule has 1 aromatic heterocycles. The number of halogens is 1. The molecular weight excluding hydrogens is 354 g/mol. The van der Waals surface area contributed by atoms with Crippen LogP contribution in [-0.4, -0.2) is 60.2 Å². The normalized spacial score (nSPS) is 14.8. The maximum absolute atomic E-state index is 12.3. The van der Waals surface area contributed by atoms with Gasteiger partial charge in [-0.25, -0.2) is 9.97 Å². The van der Waals surface area contributed by atoms with Gasteiger partial charge < -0.3 is 15.4 Å². The van der Waals surface area contributed by atoms with E-state index < -0.39 is 0 Å². The van der Waals surface area contributed by atoms with E-state index in [1.165, 1.54) is 6.33 Å². The maximum atomic E-state index is 12.3. The molecule has 0 spiro atoms. The SMILES string of the molecule is O=C(NCc1ccccc1Cl)c1cc(NCCN2CCOCC2)ncn1. The number of anilines is 1. The second kappa shape index (κ2) is 9.47. The zero-order chi connectivity index (χ0) is 18.2. The lowest BCUT2D eigenvalue weighted by molar-refractivity contribution is 0.0398. The van der Waals surface area contributed by atoms with Gasteiger partial charge in [-0.05, 0) is 11.6 Å². The number of rotatable bonds is 7. The monoisotopic (exact) mass is 375 g/mol. The van der Waals surface area contributed by atoms with Crippen molar-refractivity contribution >= 4 is 23.3 Å². The molecule has 3 rings (SSSR count). The lowest BCUT2D eigenvalue weighted by atomic mass is 10.2. The Balaban J connectivity index is 1.49. The third-order valence-corrected chi connectivity index (χ3v) is 4.50. The lowest BCUT2D eigenvalue weighted by Gasteiger charge is -2.26. The largest absolute Gasteiger partial charge is 0.379 e. The second-order valence-electron chi connectivity index (χ2n) is 5.94. The van der Waals surface area contributed by atoms with Crippen LogP contribution in [0.25, 0.3) is 0 Å². The number of nitrogens with one attached hydrogen (secondary N) is 2. The van der Waals surface area contributed by atoms with Crippen LogP contribution in [0.3, 0.4) is 0 Å². The zero-order valence-corrected chi connectivity index (χ0v) is 15.2. The Hall–Kier alpha value is -2.22. The van der Waals surface area contributed by atoms with E-state index in [-0.39, 0.29) is 5.91 Å². The van der Waals surface area contributed by atoms with Crippen LogP contribution < -0.4 is 10.6 Å². The summed E-state index contributed by atoms with van der Waals surface area (Å²) < 4.78 is 5.33. The highest BCUT2D eigenvalue weighted by molar-refractivity contribution is 6.31. The minimum absolute atomic E-state index is 0.261. The second-order valence-corrected chi connectivity index (χ2v) is 6.35. The number of hydrogen-bond donors (Lipinski definition) is 2. The van der Waals surface area contributed by atoms with Gasteiger partial charge in [0.25, 0.3) is 5.91 Å². The molecule has 0 bridgehead atoms. The topological polar surface area (TPSA) is 79.4 Å². The van der Waals surface area contributed by atoms with Crippen molar-refractivity contribution in [1.82, 2.24) is 20.2 Å². The summed E-state index contributed by atoms with van der Waals surface area (Å²) in [5.74, 6) is 0.375. The van der Waals surface area contributed by atoms with Crippen molar-refractivity contribution in [3.63, 3.8) is 0 Å². The van der Waals surface area contributed by atoms with Gasteiger partial charge in [-0.15, -0.1) is 0 Å². The number of morpholine rings is 1. The summed E-state index contributed by atoms with van der Waals surface area (Å²) in [4.78, 5) is 22.9. The molecule has 1 aromatic carbocycles. The van der Waals surface area contributed by atoms with Crippen LogP contribution in [0.1, 0.15) is 16.1 Å². The van der Waals surface area contributed by atoms with Crippen LogP contribution in [-0.2, 0) is 11.3 Å². The van der Waals surface area contributed by atoms with E-state index in [0.29, 0.717) is 23.1 Å². The molecule has 1 fully saturated rings. The van der Waals surface area contributed by atoms with Crippen molar-refractivity contribution in [3.8, 4) is 0 Å². The summed E-state index contributed by atoms with van der Waals surface area (Å²) in [6, 6.07) is 9.06.